The van der Waals surface area contributed by atoms with Gasteiger partial charge in [0.2, 0.25) is 0 Å². The van der Waals surface area contributed by atoms with Crippen LogP contribution in [0.3, 0.4) is 0 Å². The third-order valence-electron chi connectivity index (χ3n) is 3.51. The normalized spacial score (nSPS) is 24.0. The molecule has 0 saturated heterocycles. The molecule has 0 fully saturated rings. The van der Waals surface area contributed by atoms with Crippen molar-refractivity contribution in [3.8, 4) is 5.75 Å². The largest absolute Gasteiger partial charge is 0.485 e. The van der Waals surface area contributed by atoms with E-state index in [1.807, 2.05) is 0 Å². The van der Waals surface area contributed by atoms with E-state index in [-0.39, 0.29) is 23.7 Å². The second-order valence-corrected chi connectivity index (χ2v) is 5.50. The van der Waals surface area contributed by atoms with E-state index in [9.17, 15) is 27.1 Å². The van der Waals surface area contributed by atoms with Gasteiger partial charge in [-0.05, 0) is 32.0 Å². The third-order valence-corrected chi connectivity index (χ3v) is 3.51. The molecular formula is C13H15ClF5NO2. The van der Waals surface area contributed by atoms with Crippen LogP contribution < -0.4 is 10.5 Å². The summed E-state index contributed by atoms with van der Waals surface area (Å²) >= 11 is 0. The van der Waals surface area contributed by atoms with Crippen molar-refractivity contribution in [3.05, 3.63) is 29.3 Å². The van der Waals surface area contributed by atoms with E-state index >= 15 is 0 Å². The van der Waals surface area contributed by atoms with Gasteiger partial charge >= 0.3 is 12.1 Å². The van der Waals surface area contributed by atoms with Crippen LogP contribution in [0.15, 0.2) is 18.2 Å². The Bertz CT molecular complexity index is 562. The van der Waals surface area contributed by atoms with Crippen molar-refractivity contribution in [1.29, 1.82) is 0 Å². The van der Waals surface area contributed by atoms with Gasteiger partial charge in [-0.2, -0.15) is 22.0 Å². The van der Waals surface area contributed by atoms with Crippen LogP contribution in [0.2, 0.25) is 0 Å². The summed E-state index contributed by atoms with van der Waals surface area (Å²) in [5, 5.41) is 9.95. The third kappa shape index (κ3) is 2.87. The van der Waals surface area contributed by atoms with Crippen LogP contribution in [-0.4, -0.2) is 23.0 Å². The second kappa shape index (κ2) is 5.50. The number of fused-ring (bicyclic) bond motifs is 1. The molecular weight excluding hydrogens is 333 g/mol. The summed E-state index contributed by atoms with van der Waals surface area (Å²) in [6.07, 6.45) is -6.95. The Morgan fingerprint density at radius 1 is 1.18 bits per heavy atom. The molecule has 2 rings (SSSR count). The Morgan fingerprint density at radius 3 is 2.23 bits per heavy atom. The molecule has 0 spiro atoms. The number of aliphatic hydroxyl groups excluding tert-OH is 1. The van der Waals surface area contributed by atoms with Gasteiger partial charge in [-0.1, -0.05) is 0 Å². The number of alkyl halides is 5. The van der Waals surface area contributed by atoms with Gasteiger partial charge in [0.15, 0.2) is 0 Å². The van der Waals surface area contributed by atoms with Crippen molar-refractivity contribution in [3.63, 3.8) is 0 Å². The highest BCUT2D eigenvalue weighted by Crippen LogP contribution is 2.47. The molecule has 1 heterocycles. The zero-order chi connectivity index (χ0) is 16.2. The molecule has 0 radical (unpaired) electrons. The Hall–Kier alpha value is -1.12. The van der Waals surface area contributed by atoms with Gasteiger partial charge < -0.3 is 15.6 Å². The number of ether oxygens (including phenoxy) is 1. The lowest BCUT2D eigenvalue weighted by Crippen LogP contribution is -2.51. The molecule has 1 aliphatic heterocycles. The molecule has 0 unspecified atom stereocenters. The molecule has 1 aromatic carbocycles. The lowest BCUT2D eigenvalue weighted by molar-refractivity contribution is -0.289. The molecule has 0 aromatic heterocycles. The van der Waals surface area contributed by atoms with Gasteiger partial charge in [0.1, 0.15) is 17.5 Å². The van der Waals surface area contributed by atoms with E-state index in [1.54, 1.807) is 13.8 Å². The Labute approximate surface area is 129 Å². The summed E-state index contributed by atoms with van der Waals surface area (Å²) in [7, 11) is 0. The predicted octanol–water partition coefficient (Wildman–Crippen LogP) is 3.29. The van der Waals surface area contributed by atoms with Crippen molar-refractivity contribution >= 4 is 12.4 Å². The quantitative estimate of drug-likeness (QED) is 0.766. The van der Waals surface area contributed by atoms with Crippen LogP contribution in [0.25, 0.3) is 0 Å². The van der Waals surface area contributed by atoms with Gasteiger partial charge in [-0.15, -0.1) is 12.4 Å². The summed E-state index contributed by atoms with van der Waals surface area (Å²) in [5.74, 6) is -4.92. The van der Waals surface area contributed by atoms with Crippen LogP contribution in [0.4, 0.5) is 22.0 Å². The molecule has 3 N–H and O–H groups in total. The summed E-state index contributed by atoms with van der Waals surface area (Å²) in [6.45, 7) is 3.08. The summed E-state index contributed by atoms with van der Waals surface area (Å²) < 4.78 is 69.2. The Balaban J connectivity index is 0.00000242. The number of benzene rings is 1. The molecule has 0 bridgehead atoms. The molecule has 1 aromatic rings. The van der Waals surface area contributed by atoms with Crippen LogP contribution in [-0.2, 0) is 5.92 Å². The molecule has 126 valence electrons. The number of aliphatic hydroxyl groups is 1. The number of rotatable bonds is 1. The fourth-order valence-electron chi connectivity index (χ4n) is 2.21. The average Bonchev–Trinajstić information content (AvgIpc) is 2.34. The van der Waals surface area contributed by atoms with Gasteiger partial charge in [-0.3, -0.25) is 0 Å². The van der Waals surface area contributed by atoms with E-state index in [1.165, 1.54) is 0 Å². The first-order valence-electron chi connectivity index (χ1n) is 6.09. The number of hydrogen-bond acceptors (Lipinski definition) is 3. The van der Waals surface area contributed by atoms with Crippen LogP contribution >= 0.6 is 12.4 Å². The topological polar surface area (TPSA) is 55.5 Å². The Kier molecular flexibility index (Phi) is 4.74. The molecule has 22 heavy (non-hydrogen) atoms. The highest BCUT2D eigenvalue weighted by molar-refractivity contribution is 5.85. The second-order valence-electron chi connectivity index (χ2n) is 5.50. The first kappa shape index (κ1) is 18.9. The molecule has 0 aliphatic carbocycles. The van der Waals surface area contributed by atoms with Crippen molar-refractivity contribution in [2.24, 2.45) is 5.73 Å². The number of halogens is 6. The molecule has 2 atom stereocenters. The van der Waals surface area contributed by atoms with Gasteiger partial charge in [0.25, 0.3) is 0 Å². The standard InChI is InChI=1S/C13H14F5NO2.ClH/c1-11(2)10(20)9(19)7-5-6(3-4-8(7)21-11)12(14,15)13(16,17)18;/h3-5,9-10,20H,19H2,1-2H3;1H/t9-,10+;/m1./s1. The van der Waals surface area contributed by atoms with Gasteiger partial charge in [0.05, 0.1) is 6.04 Å². The van der Waals surface area contributed by atoms with Crippen molar-refractivity contribution in [2.45, 2.75) is 43.7 Å². The summed E-state index contributed by atoms with van der Waals surface area (Å²) in [6, 6.07) is 1.17. The fraction of sp³-hybridized carbons (Fsp3) is 0.538. The van der Waals surface area contributed by atoms with E-state index in [2.05, 4.69) is 0 Å². The minimum absolute atomic E-state index is 0. The lowest BCUT2D eigenvalue weighted by Gasteiger charge is -2.41. The van der Waals surface area contributed by atoms with Crippen molar-refractivity contribution < 1.29 is 31.8 Å². The Morgan fingerprint density at radius 2 is 1.73 bits per heavy atom. The summed E-state index contributed by atoms with van der Waals surface area (Å²) in [5.41, 5.74) is 3.34. The van der Waals surface area contributed by atoms with E-state index in [4.69, 9.17) is 10.5 Å². The van der Waals surface area contributed by atoms with Crippen molar-refractivity contribution in [1.82, 2.24) is 0 Å². The smallest absolute Gasteiger partial charge is 0.458 e. The van der Waals surface area contributed by atoms with Crippen molar-refractivity contribution in [2.75, 3.05) is 0 Å². The minimum atomic E-state index is -5.71. The minimum Gasteiger partial charge on any atom is -0.485 e. The maximum absolute atomic E-state index is 13.3. The molecule has 3 nitrogen and oxygen atoms in total. The maximum Gasteiger partial charge on any atom is 0.458 e. The highest BCUT2D eigenvalue weighted by Gasteiger charge is 2.59. The zero-order valence-electron chi connectivity index (χ0n) is 11.6. The SMILES string of the molecule is CC1(C)Oc2ccc(C(F)(F)C(F)(F)F)cc2[C@@H](N)[C@@H]1O.Cl. The van der Waals surface area contributed by atoms with Gasteiger partial charge in [-0.25, -0.2) is 0 Å². The first-order valence-corrected chi connectivity index (χ1v) is 6.09. The van der Waals surface area contributed by atoms with E-state index in [0.29, 0.717) is 12.1 Å². The number of nitrogens with two attached hydrogens (primary N) is 1. The molecule has 9 heteroatoms. The van der Waals surface area contributed by atoms with Gasteiger partial charge in [0, 0.05) is 11.1 Å². The first-order chi connectivity index (χ1) is 9.38. The van der Waals surface area contributed by atoms with Crippen LogP contribution in [0.5, 0.6) is 5.75 Å². The number of hydrogen-bond donors (Lipinski definition) is 2. The van der Waals surface area contributed by atoms with E-state index in [0.717, 1.165) is 6.07 Å². The predicted molar refractivity (Wildman–Crippen MR) is 71.3 cm³/mol. The lowest BCUT2D eigenvalue weighted by atomic mass is 9.86. The monoisotopic (exact) mass is 347 g/mol. The van der Waals surface area contributed by atoms with Crippen LogP contribution in [0, 0.1) is 0 Å². The molecule has 0 saturated carbocycles. The fourth-order valence-corrected chi connectivity index (χ4v) is 2.21. The van der Waals surface area contributed by atoms with Crippen LogP contribution in [0.1, 0.15) is 31.0 Å². The average molecular weight is 348 g/mol. The zero-order valence-corrected chi connectivity index (χ0v) is 12.4. The van der Waals surface area contributed by atoms with E-state index < -0.39 is 35.4 Å². The highest BCUT2D eigenvalue weighted by atomic mass is 35.5. The summed E-state index contributed by atoms with van der Waals surface area (Å²) in [4.78, 5) is 0. The molecule has 1 aliphatic rings. The maximum atomic E-state index is 13.3. The molecule has 0 amide bonds.